The number of carbonyl (C=O) groups excluding carboxylic acids is 6. The van der Waals surface area contributed by atoms with Gasteiger partial charge in [-0.3, -0.25) is 28.8 Å². The summed E-state index contributed by atoms with van der Waals surface area (Å²) in [5, 5.41) is 11.4. The van der Waals surface area contributed by atoms with Crippen molar-refractivity contribution in [3.05, 3.63) is 29.8 Å². The smallest absolute Gasteiger partial charge is 0.311 e. The fraction of sp³-hybridized carbons (Fsp3) is 0.854. The molecule has 0 bridgehead atoms. The molecule has 4 N–H and O–H groups in total. The van der Waals surface area contributed by atoms with Crippen molar-refractivity contribution < 1.29 is 147 Å². The largest absolute Gasteiger partial charge is 0.460 e. The molecule has 1 rings (SSSR count). The zero-order valence-corrected chi connectivity index (χ0v) is 72.3. The number of hydrogen-bond donors (Lipinski definition) is 4. The molecule has 1 aromatic rings. The van der Waals surface area contributed by atoms with Gasteiger partial charge in [0.1, 0.15) is 24.5 Å². The number of amides is 4. The molecule has 0 heterocycles. The summed E-state index contributed by atoms with van der Waals surface area (Å²) in [6, 6.07) is 4.92. The van der Waals surface area contributed by atoms with E-state index in [4.69, 9.17) is 118 Å². The number of unbranched alkanes of at least 4 members (excludes halogenated alkanes) is 1. The third-order valence-corrected chi connectivity index (χ3v) is 16.1. The van der Waals surface area contributed by atoms with Gasteiger partial charge < -0.3 is 140 Å². The average molecular weight is 1690 g/mol. The number of ether oxygens (including phenoxy) is 25. The molecule has 117 heavy (non-hydrogen) atoms. The number of methoxy groups -OCH3 is 1. The summed E-state index contributed by atoms with van der Waals surface area (Å²) in [6.07, 6.45) is 2.05. The second-order valence-corrected chi connectivity index (χ2v) is 28.6. The van der Waals surface area contributed by atoms with Crippen LogP contribution in [0.1, 0.15) is 106 Å². The second-order valence-electron chi connectivity index (χ2n) is 28.6. The Morgan fingerprint density at radius 3 is 0.880 bits per heavy atom. The van der Waals surface area contributed by atoms with Crippen LogP contribution in [0.15, 0.2) is 24.3 Å². The number of ketones is 1. The van der Waals surface area contributed by atoms with Gasteiger partial charge in [-0.15, -0.1) is 0 Å². The molecule has 684 valence electrons. The molecule has 4 amide bonds. The molecule has 0 aromatic heterocycles. The summed E-state index contributed by atoms with van der Waals surface area (Å²) in [5.74, 6) is -2.14. The molecule has 0 saturated carbocycles. The van der Waals surface area contributed by atoms with Crippen molar-refractivity contribution >= 4 is 41.1 Å². The van der Waals surface area contributed by atoms with E-state index in [1.165, 1.54) is 0 Å². The molecule has 0 aliphatic rings. The monoisotopic (exact) mass is 1690 g/mol. The lowest BCUT2D eigenvalue weighted by atomic mass is 9.88. The van der Waals surface area contributed by atoms with Gasteiger partial charge in [-0.2, -0.15) is 0 Å². The minimum Gasteiger partial charge on any atom is -0.460 e. The number of anilines is 1. The first-order valence-electron chi connectivity index (χ1n) is 41.6. The van der Waals surface area contributed by atoms with Crippen molar-refractivity contribution in [2.45, 2.75) is 119 Å². The molecule has 0 spiro atoms. The van der Waals surface area contributed by atoms with Gasteiger partial charge in [0.25, 0.3) is 0 Å². The van der Waals surface area contributed by atoms with Crippen LogP contribution in [0.2, 0.25) is 0 Å². The van der Waals surface area contributed by atoms with Crippen molar-refractivity contribution in [2.75, 3.05) is 329 Å². The predicted octanol–water partition coefficient (Wildman–Crippen LogP) is 4.83. The Morgan fingerprint density at radius 1 is 0.316 bits per heavy atom. The Kier molecular flexibility index (Phi) is 76.3. The third-order valence-electron chi connectivity index (χ3n) is 16.1. The maximum Gasteiger partial charge on any atom is 0.311 e. The van der Waals surface area contributed by atoms with Crippen LogP contribution < -0.4 is 21.3 Å². The average Bonchev–Trinajstić information content (AvgIpc) is 0.861. The minimum atomic E-state index is -0.977. The molecular weight excluding hydrogens is 1540 g/mol. The molecule has 1 aromatic carbocycles. The first-order valence-corrected chi connectivity index (χ1v) is 41.6. The molecule has 0 fully saturated rings. The maximum atomic E-state index is 13.8. The first-order chi connectivity index (χ1) is 56.8. The standard InChI is InChI=1S/C82H150N4O31/c1-70(2)77(86-76(89)15-12-14-74(87)81(3,4)5)79(91)85-73(78(90)84-72-18-16-71(17-19-72)69-117-80(92)82(6,7)8)13-10-11-21-83-75(88)20-22-94-25-26-96-29-30-98-33-34-100-37-38-102-41-42-104-45-46-106-49-50-108-53-54-110-57-58-112-61-62-114-65-66-116-68-67-115-64-63-113-60-59-111-56-55-109-52-51-107-48-47-105-44-43-103-40-39-101-36-35-99-32-31-97-28-27-95-24-23-93-9/h16-19,70,73,77H,10-15,20-69H2,1-9H3,(H,83,88)(H,84,90)(H,85,91)(H,86,89)/t73-,77-/m0/s1. The van der Waals surface area contributed by atoms with Crippen molar-refractivity contribution in [3.8, 4) is 0 Å². The summed E-state index contributed by atoms with van der Waals surface area (Å²) in [6.45, 7) is 36.5. The Morgan fingerprint density at radius 2 is 0.607 bits per heavy atom. The minimum absolute atomic E-state index is 0.0477. The highest BCUT2D eigenvalue weighted by Crippen LogP contribution is 2.20. The summed E-state index contributed by atoms with van der Waals surface area (Å²) >= 11 is 0. The Bertz CT molecular complexity index is 2450. The van der Waals surface area contributed by atoms with E-state index >= 15 is 0 Å². The predicted molar refractivity (Wildman–Crippen MR) is 434 cm³/mol. The number of nitrogens with one attached hydrogen (secondary N) is 4. The summed E-state index contributed by atoms with van der Waals surface area (Å²) in [7, 11) is 1.64. The van der Waals surface area contributed by atoms with Gasteiger partial charge in [0.15, 0.2) is 0 Å². The van der Waals surface area contributed by atoms with E-state index in [1.54, 1.807) is 66.0 Å². The van der Waals surface area contributed by atoms with Crippen LogP contribution in [0.4, 0.5) is 5.69 Å². The van der Waals surface area contributed by atoms with Crippen LogP contribution in [0.25, 0.3) is 0 Å². The van der Waals surface area contributed by atoms with E-state index in [0.717, 1.165) is 5.56 Å². The Balaban J connectivity index is 1.86. The van der Waals surface area contributed by atoms with E-state index in [0.29, 0.717) is 335 Å². The molecule has 0 aliphatic heterocycles. The van der Waals surface area contributed by atoms with Gasteiger partial charge in [-0.1, -0.05) is 46.8 Å². The van der Waals surface area contributed by atoms with Gasteiger partial charge in [-0.25, -0.2) is 0 Å². The van der Waals surface area contributed by atoms with Crippen molar-refractivity contribution in [1.29, 1.82) is 0 Å². The zero-order chi connectivity index (χ0) is 85.3. The van der Waals surface area contributed by atoms with Gasteiger partial charge in [0.2, 0.25) is 23.6 Å². The fourth-order valence-corrected chi connectivity index (χ4v) is 9.41. The van der Waals surface area contributed by atoms with Gasteiger partial charge in [0, 0.05) is 44.0 Å². The SMILES string of the molecule is COCCOCCOCCOCCOCCOCCOCCOCCOCCOCCOCCOCCOCCOCCOCCOCCOCCOCCOCCOCCOCCOCCOCCOCCC(=O)NCCCC[C@H](NC(=O)[C@@H](NC(=O)CCCC(=O)C(C)(C)C)C(C)C)C(=O)Nc1ccc(COC(=O)C(C)(C)C)cc1. The molecule has 35 heteroatoms. The molecule has 0 saturated heterocycles. The molecule has 0 aliphatic carbocycles. The lowest BCUT2D eigenvalue weighted by Crippen LogP contribution is -2.54. The normalized spacial score (nSPS) is 12.4. The first kappa shape index (κ1) is 110. The summed E-state index contributed by atoms with van der Waals surface area (Å²) in [4.78, 5) is 77.7. The summed E-state index contributed by atoms with van der Waals surface area (Å²) in [5.41, 5.74) is 0.0367. The molecule has 0 radical (unpaired) electrons. The molecule has 2 atom stereocenters. The highest BCUT2D eigenvalue weighted by molar-refractivity contribution is 5.98. The number of carbonyl (C=O) groups is 6. The van der Waals surface area contributed by atoms with Crippen LogP contribution in [0, 0.1) is 16.7 Å². The number of Topliss-reactive ketones (excluding diaryl/α,β-unsaturated/α-hetero) is 1. The number of esters is 1. The lowest BCUT2D eigenvalue weighted by molar-refractivity contribution is -0.154. The number of benzene rings is 1. The van der Waals surface area contributed by atoms with Gasteiger partial charge in [-0.05, 0) is 70.1 Å². The number of rotatable bonds is 89. The van der Waals surface area contributed by atoms with Crippen LogP contribution >= 0.6 is 0 Å². The molecule has 0 unspecified atom stereocenters. The van der Waals surface area contributed by atoms with Crippen LogP contribution in [-0.2, 0) is 154 Å². The lowest BCUT2D eigenvalue weighted by Gasteiger charge is -2.25. The number of hydrogen-bond acceptors (Lipinski definition) is 31. The second kappa shape index (κ2) is 81.0. The quantitative estimate of drug-likeness (QED) is 0.0501. The van der Waals surface area contributed by atoms with Crippen LogP contribution in [-0.4, -0.2) is 372 Å². The van der Waals surface area contributed by atoms with E-state index in [-0.39, 0.29) is 68.4 Å². The van der Waals surface area contributed by atoms with Crippen molar-refractivity contribution in [2.24, 2.45) is 16.7 Å². The summed E-state index contributed by atoms with van der Waals surface area (Å²) < 4.78 is 137. The maximum absolute atomic E-state index is 13.8. The fourth-order valence-electron chi connectivity index (χ4n) is 9.41. The van der Waals surface area contributed by atoms with E-state index in [2.05, 4.69) is 21.3 Å². The van der Waals surface area contributed by atoms with E-state index in [9.17, 15) is 28.8 Å². The van der Waals surface area contributed by atoms with Gasteiger partial charge >= 0.3 is 5.97 Å². The highest BCUT2D eigenvalue weighted by Gasteiger charge is 2.30. The topological polar surface area (TPSA) is 381 Å². The zero-order valence-electron chi connectivity index (χ0n) is 72.3. The Labute approximate surface area is 696 Å². The molecular formula is C82H150N4O31. The van der Waals surface area contributed by atoms with E-state index in [1.807, 2.05) is 20.8 Å². The third kappa shape index (κ3) is 74.8. The molecule has 35 nitrogen and oxygen atoms in total. The van der Waals surface area contributed by atoms with Crippen LogP contribution in [0.5, 0.6) is 0 Å². The van der Waals surface area contributed by atoms with E-state index < -0.39 is 34.7 Å². The van der Waals surface area contributed by atoms with Crippen molar-refractivity contribution in [1.82, 2.24) is 16.0 Å². The van der Waals surface area contributed by atoms with Gasteiger partial charge in [0.05, 0.1) is 316 Å². The van der Waals surface area contributed by atoms with Crippen molar-refractivity contribution in [3.63, 3.8) is 0 Å². The highest BCUT2D eigenvalue weighted by atomic mass is 16.6. The van der Waals surface area contributed by atoms with Crippen LogP contribution in [0.3, 0.4) is 0 Å². The Hall–Kier alpha value is -4.72.